The van der Waals surface area contributed by atoms with Crippen molar-refractivity contribution in [3.63, 3.8) is 0 Å². The number of rotatable bonds is 3. The van der Waals surface area contributed by atoms with Gasteiger partial charge in [0.25, 0.3) is 0 Å². The normalized spacial score (nSPS) is 33.7. The molecule has 2 aliphatic rings. The van der Waals surface area contributed by atoms with Gasteiger partial charge in [0.15, 0.2) is 0 Å². The third-order valence-electron chi connectivity index (χ3n) is 3.71. The van der Waals surface area contributed by atoms with E-state index < -0.39 is 11.6 Å². The Kier molecular flexibility index (Phi) is 3.21. The number of fused-ring (bicyclic) bond motifs is 2. The van der Waals surface area contributed by atoms with Gasteiger partial charge < -0.3 is 9.84 Å². The van der Waals surface area contributed by atoms with Crippen molar-refractivity contribution in [1.29, 1.82) is 0 Å². The van der Waals surface area contributed by atoms with Crippen LogP contribution in [0.2, 0.25) is 0 Å². The van der Waals surface area contributed by atoms with Gasteiger partial charge in [0, 0.05) is 6.42 Å². The Balaban J connectivity index is 2.12. The van der Waals surface area contributed by atoms with E-state index in [9.17, 15) is 9.59 Å². The molecular weight excluding hydrogens is 232 g/mol. The summed E-state index contributed by atoms with van der Waals surface area (Å²) in [5.41, 5.74) is -0.517. The van der Waals surface area contributed by atoms with E-state index in [0.29, 0.717) is 0 Å². The Hall–Kier alpha value is -1.32. The van der Waals surface area contributed by atoms with Gasteiger partial charge in [-0.25, -0.2) is 0 Å². The Morgan fingerprint density at radius 1 is 1.28 bits per heavy atom. The van der Waals surface area contributed by atoms with E-state index in [2.05, 4.69) is 6.08 Å². The van der Waals surface area contributed by atoms with Gasteiger partial charge in [-0.15, -0.1) is 0 Å². The Labute approximate surface area is 107 Å². The molecule has 0 saturated heterocycles. The average Bonchev–Trinajstić information content (AvgIpc) is 2.73. The van der Waals surface area contributed by atoms with E-state index >= 15 is 0 Å². The molecule has 100 valence electrons. The van der Waals surface area contributed by atoms with E-state index in [1.807, 2.05) is 26.8 Å². The molecule has 2 bridgehead atoms. The van der Waals surface area contributed by atoms with Crippen LogP contribution in [0.4, 0.5) is 0 Å². The van der Waals surface area contributed by atoms with Crippen molar-refractivity contribution in [2.75, 3.05) is 0 Å². The highest BCUT2D eigenvalue weighted by atomic mass is 16.6. The van der Waals surface area contributed by atoms with Crippen LogP contribution in [-0.4, -0.2) is 22.6 Å². The number of ether oxygens (including phenoxy) is 1. The molecule has 2 rings (SSSR count). The number of carboxylic acids is 1. The summed E-state index contributed by atoms with van der Waals surface area (Å²) in [4.78, 5) is 23.1. The van der Waals surface area contributed by atoms with E-state index in [1.165, 1.54) is 0 Å². The summed E-state index contributed by atoms with van der Waals surface area (Å²) in [5.74, 6) is -1.08. The second kappa shape index (κ2) is 4.41. The minimum Gasteiger partial charge on any atom is -0.481 e. The molecular formula is C14H20O4. The Morgan fingerprint density at radius 2 is 1.89 bits per heavy atom. The van der Waals surface area contributed by atoms with Crippen molar-refractivity contribution < 1.29 is 19.4 Å². The molecule has 2 aliphatic carbocycles. The number of carboxylic acid groups (broad SMARTS) is 1. The standard InChI is InChI=1S/C14H20O4/c1-14(2,3)18-13(17)12-9-5-4-8(6-9)10(12)7-11(15)16/h4-5,8-10,12H,6-7H2,1-3H3,(H,15,16). The van der Waals surface area contributed by atoms with Crippen LogP contribution in [0, 0.1) is 23.7 Å². The minimum atomic E-state index is -0.838. The number of hydrogen-bond donors (Lipinski definition) is 1. The molecule has 0 aromatic heterocycles. The highest BCUT2D eigenvalue weighted by Crippen LogP contribution is 2.50. The molecule has 0 heterocycles. The lowest BCUT2D eigenvalue weighted by atomic mass is 9.81. The van der Waals surface area contributed by atoms with Crippen LogP contribution in [0.25, 0.3) is 0 Å². The lowest BCUT2D eigenvalue weighted by Gasteiger charge is -2.29. The van der Waals surface area contributed by atoms with Gasteiger partial charge in [0.05, 0.1) is 5.92 Å². The Morgan fingerprint density at radius 3 is 2.44 bits per heavy atom. The van der Waals surface area contributed by atoms with E-state index in [-0.39, 0.29) is 36.1 Å². The van der Waals surface area contributed by atoms with E-state index in [1.54, 1.807) is 0 Å². The molecule has 1 fully saturated rings. The summed E-state index contributed by atoms with van der Waals surface area (Å²) in [6.45, 7) is 5.50. The zero-order valence-corrected chi connectivity index (χ0v) is 11.1. The predicted octanol–water partition coefficient (Wildman–Crippen LogP) is 2.24. The van der Waals surface area contributed by atoms with Gasteiger partial charge in [-0.2, -0.15) is 0 Å². The highest BCUT2D eigenvalue weighted by molar-refractivity contribution is 5.76. The van der Waals surface area contributed by atoms with Gasteiger partial charge in [0.1, 0.15) is 5.60 Å². The molecule has 0 spiro atoms. The number of allylic oxidation sites excluding steroid dienone is 2. The molecule has 1 saturated carbocycles. The van der Waals surface area contributed by atoms with Crippen LogP contribution >= 0.6 is 0 Å². The topological polar surface area (TPSA) is 63.6 Å². The predicted molar refractivity (Wildman–Crippen MR) is 65.8 cm³/mol. The molecule has 4 unspecified atom stereocenters. The van der Waals surface area contributed by atoms with Crippen molar-refractivity contribution in [2.45, 2.75) is 39.2 Å². The molecule has 0 aromatic rings. The molecule has 1 N–H and O–H groups in total. The van der Waals surface area contributed by atoms with Gasteiger partial charge in [-0.3, -0.25) is 9.59 Å². The second-order valence-corrected chi connectivity index (χ2v) is 6.27. The van der Waals surface area contributed by atoms with Crippen LogP contribution < -0.4 is 0 Å². The van der Waals surface area contributed by atoms with Crippen molar-refractivity contribution >= 4 is 11.9 Å². The number of aliphatic carboxylic acids is 1. The maximum absolute atomic E-state index is 12.2. The first-order chi connectivity index (χ1) is 8.28. The van der Waals surface area contributed by atoms with Crippen molar-refractivity contribution in [3.8, 4) is 0 Å². The van der Waals surface area contributed by atoms with Crippen LogP contribution in [-0.2, 0) is 14.3 Å². The van der Waals surface area contributed by atoms with Crippen LogP contribution in [0.15, 0.2) is 12.2 Å². The summed E-state index contributed by atoms with van der Waals surface area (Å²) in [7, 11) is 0. The maximum Gasteiger partial charge on any atom is 0.310 e. The molecule has 4 atom stereocenters. The number of esters is 1. The fourth-order valence-electron chi connectivity index (χ4n) is 3.12. The van der Waals surface area contributed by atoms with Crippen LogP contribution in [0.5, 0.6) is 0 Å². The fourth-order valence-corrected chi connectivity index (χ4v) is 3.12. The molecule has 0 aliphatic heterocycles. The minimum absolute atomic E-state index is 0.0510. The first-order valence-electron chi connectivity index (χ1n) is 6.41. The molecule has 18 heavy (non-hydrogen) atoms. The second-order valence-electron chi connectivity index (χ2n) is 6.27. The third-order valence-corrected chi connectivity index (χ3v) is 3.71. The monoisotopic (exact) mass is 252 g/mol. The van der Waals surface area contributed by atoms with E-state index in [0.717, 1.165) is 6.42 Å². The third kappa shape index (κ3) is 2.57. The van der Waals surface area contributed by atoms with Crippen molar-refractivity contribution in [1.82, 2.24) is 0 Å². The molecule has 0 amide bonds. The summed E-state index contributed by atoms with van der Waals surface area (Å²) in [6, 6.07) is 0. The average molecular weight is 252 g/mol. The fraction of sp³-hybridized carbons (Fsp3) is 0.714. The van der Waals surface area contributed by atoms with Crippen LogP contribution in [0.3, 0.4) is 0 Å². The zero-order chi connectivity index (χ0) is 13.5. The number of carbonyl (C=O) groups excluding carboxylic acids is 1. The zero-order valence-electron chi connectivity index (χ0n) is 11.1. The molecule has 0 aromatic carbocycles. The highest BCUT2D eigenvalue weighted by Gasteiger charge is 2.50. The molecule has 4 nitrogen and oxygen atoms in total. The van der Waals surface area contributed by atoms with Gasteiger partial charge >= 0.3 is 11.9 Å². The van der Waals surface area contributed by atoms with Crippen LogP contribution in [0.1, 0.15) is 33.6 Å². The lowest BCUT2D eigenvalue weighted by molar-refractivity contribution is -0.163. The first kappa shape index (κ1) is 13.1. The SMILES string of the molecule is CC(C)(C)OC(=O)C1C2C=CC(C2)C1CC(=O)O. The molecule has 4 heteroatoms. The maximum atomic E-state index is 12.2. The summed E-state index contributed by atoms with van der Waals surface area (Å²) in [6.07, 6.45) is 5.04. The lowest BCUT2D eigenvalue weighted by Crippen LogP contribution is -2.35. The first-order valence-corrected chi connectivity index (χ1v) is 6.41. The van der Waals surface area contributed by atoms with Crippen molar-refractivity contribution in [3.05, 3.63) is 12.2 Å². The van der Waals surface area contributed by atoms with Gasteiger partial charge in [-0.05, 0) is 44.9 Å². The van der Waals surface area contributed by atoms with Crippen molar-refractivity contribution in [2.24, 2.45) is 23.7 Å². The number of carbonyl (C=O) groups is 2. The smallest absolute Gasteiger partial charge is 0.310 e. The van der Waals surface area contributed by atoms with E-state index in [4.69, 9.17) is 9.84 Å². The summed E-state index contributed by atoms with van der Waals surface area (Å²) in [5, 5.41) is 8.96. The van der Waals surface area contributed by atoms with Gasteiger partial charge in [-0.1, -0.05) is 12.2 Å². The molecule has 0 radical (unpaired) electrons. The van der Waals surface area contributed by atoms with Gasteiger partial charge in [0.2, 0.25) is 0 Å². The summed E-state index contributed by atoms with van der Waals surface area (Å²) >= 11 is 0. The summed E-state index contributed by atoms with van der Waals surface area (Å²) < 4.78 is 5.42. The Bertz CT molecular complexity index is 391. The quantitative estimate of drug-likeness (QED) is 0.618. The number of hydrogen-bond acceptors (Lipinski definition) is 3. The largest absolute Gasteiger partial charge is 0.481 e.